The van der Waals surface area contributed by atoms with Gasteiger partial charge in [0.05, 0.1) is 5.41 Å². The highest BCUT2D eigenvalue weighted by Gasteiger charge is 2.26. The van der Waals surface area contributed by atoms with Crippen molar-refractivity contribution >= 4 is 17.7 Å². The fourth-order valence-corrected chi connectivity index (χ4v) is 2.01. The average Bonchev–Trinajstić information content (AvgIpc) is 2.24. The molecule has 0 radical (unpaired) electrons. The number of aliphatic carboxylic acids is 1. The smallest absolute Gasteiger partial charge is 0.309 e. The zero-order valence-corrected chi connectivity index (χ0v) is 10.7. The summed E-state index contributed by atoms with van der Waals surface area (Å²) in [4.78, 5) is 28.5. The molecule has 0 saturated heterocycles. The quantitative estimate of drug-likeness (QED) is 0.460. The van der Waals surface area contributed by atoms with E-state index in [1.807, 2.05) is 0 Å². The molecule has 0 atom stereocenters. The minimum Gasteiger partial charge on any atom is -0.481 e. The van der Waals surface area contributed by atoms with Gasteiger partial charge in [-0.15, -0.1) is 0 Å². The van der Waals surface area contributed by atoms with Gasteiger partial charge in [0.15, 0.2) is 5.16 Å². The molecule has 0 aliphatic heterocycles. The molecule has 2 N–H and O–H groups in total. The Balaban J connectivity index is 2.34. The summed E-state index contributed by atoms with van der Waals surface area (Å²) in [6.07, 6.45) is 2.83. The summed E-state index contributed by atoms with van der Waals surface area (Å²) in [5.74, 6) is -0.0438. The molecule has 17 heavy (non-hydrogen) atoms. The van der Waals surface area contributed by atoms with Gasteiger partial charge >= 0.3 is 5.97 Å². The molecule has 0 bridgehead atoms. The SMILES string of the molecule is CC(C)(CCCSc1nccc(=O)[nH]1)C(=O)O. The van der Waals surface area contributed by atoms with E-state index in [-0.39, 0.29) is 5.56 Å². The number of nitrogens with one attached hydrogen (secondary N) is 1. The molecule has 0 aliphatic rings. The van der Waals surface area contributed by atoms with Crippen LogP contribution in [0.1, 0.15) is 26.7 Å². The van der Waals surface area contributed by atoms with Crippen LogP contribution in [0.4, 0.5) is 0 Å². The first-order valence-corrected chi connectivity index (χ1v) is 6.32. The molecule has 1 aromatic rings. The summed E-state index contributed by atoms with van der Waals surface area (Å²) in [6.45, 7) is 3.42. The van der Waals surface area contributed by atoms with Crippen LogP contribution < -0.4 is 5.56 Å². The highest BCUT2D eigenvalue weighted by Crippen LogP contribution is 2.24. The Morgan fingerprint density at radius 3 is 2.88 bits per heavy atom. The first-order chi connectivity index (χ1) is 7.92. The summed E-state index contributed by atoms with van der Waals surface area (Å²) in [5.41, 5.74) is -0.869. The Morgan fingerprint density at radius 2 is 2.29 bits per heavy atom. The zero-order chi connectivity index (χ0) is 12.9. The zero-order valence-electron chi connectivity index (χ0n) is 9.90. The Morgan fingerprint density at radius 1 is 1.59 bits per heavy atom. The monoisotopic (exact) mass is 256 g/mol. The molecule has 0 fully saturated rings. The summed E-state index contributed by atoms with van der Waals surface area (Å²) in [7, 11) is 0. The molecular weight excluding hydrogens is 240 g/mol. The Bertz CT molecular complexity index is 442. The van der Waals surface area contributed by atoms with Crippen molar-refractivity contribution in [3.63, 3.8) is 0 Å². The fourth-order valence-electron chi connectivity index (χ4n) is 1.22. The van der Waals surface area contributed by atoms with Crippen LogP contribution in [0.15, 0.2) is 22.2 Å². The lowest BCUT2D eigenvalue weighted by Gasteiger charge is -2.18. The van der Waals surface area contributed by atoms with E-state index in [4.69, 9.17) is 5.11 Å². The van der Waals surface area contributed by atoms with Gasteiger partial charge in [-0.2, -0.15) is 0 Å². The summed E-state index contributed by atoms with van der Waals surface area (Å²) in [6, 6.07) is 1.36. The molecule has 94 valence electrons. The van der Waals surface area contributed by atoms with Crippen LogP contribution in [0.5, 0.6) is 0 Å². The number of H-pyrrole nitrogens is 1. The van der Waals surface area contributed by atoms with E-state index in [2.05, 4.69) is 9.97 Å². The number of aromatic nitrogens is 2. The van der Waals surface area contributed by atoms with Crippen LogP contribution in [-0.4, -0.2) is 26.8 Å². The number of carboxylic acids is 1. The first-order valence-electron chi connectivity index (χ1n) is 5.33. The third kappa shape index (κ3) is 4.60. The maximum Gasteiger partial charge on any atom is 0.309 e. The van der Waals surface area contributed by atoms with Crippen LogP contribution >= 0.6 is 11.8 Å². The number of carboxylic acid groups (broad SMARTS) is 1. The molecule has 1 rings (SSSR count). The van der Waals surface area contributed by atoms with E-state index >= 15 is 0 Å². The Labute approximate surface area is 104 Å². The van der Waals surface area contributed by atoms with E-state index in [1.165, 1.54) is 24.0 Å². The number of aromatic amines is 1. The summed E-state index contributed by atoms with van der Waals surface area (Å²) < 4.78 is 0. The minimum atomic E-state index is -0.784. The van der Waals surface area contributed by atoms with Crippen molar-refractivity contribution < 1.29 is 9.90 Å². The third-order valence-corrected chi connectivity index (χ3v) is 3.39. The van der Waals surface area contributed by atoms with Gasteiger partial charge in [0.2, 0.25) is 0 Å². The number of carbonyl (C=O) groups is 1. The van der Waals surface area contributed by atoms with E-state index in [0.717, 1.165) is 12.2 Å². The molecule has 0 aliphatic carbocycles. The van der Waals surface area contributed by atoms with Crippen molar-refractivity contribution in [2.45, 2.75) is 31.8 Å². The van der Waals surface area contributed by atoms with E-state index in [9.17, 15) is 9.59 Å². The molecule has 5 nitrogen and oxygen atoms in total. The molecule has 1 aromatic heterocycles. The van der Waals surface area contributed by atoms with Gasteiger partial charge in [0.25, 0.3) is 5.56 Å². The highest BCUT2D eigenvalue weighted by atomic mass is 32.2. The first kappa shape index (κ1) is 13.8. The van der Waals surface area contributed by atoms with E-state index in [0.29, 0.717) is 11.6 Å². The van der Waals surface area contributed by atoms with E-state index in [1.54, 1.807) is 13.8 Å². The molecule has 0 saturated carbocycles. The van der Waals surface area contributed by atoms with Gasteiger partial charge in [-0.25, -0.2) is 4.98 Å². The predicted octanol–water partition coefficient (Wildman–Crippen LogP) is 1.75. The molecular formula is C11H16N2O3S. The predicted molar refractivity (Wildman–Crippen MR) is 66.2 cm³/mol. The number of hydrogen-bond acceptors (Lipinski definition) is 4. The normalized spacial score (nSPS) is 11.4. The van der Waals surface area contributed by atoms with Gasteiger partial charge < -0.3 is 10.1 Å². The van der Waals surface area contributed by atoms with Crippen molar-refractivity contribution in [1.29, 1.82) is 0 Å². The molecule has 0 amide bonds. The van der Waals surface area contributed by atoms with Gasteiger partial charge in [-0.1, -0.05) is 11.8 Å². The lowest BCUT2D eigenvalue weighted by Crippen LogP contribution is -2.23. The summed E-state index contributed by atoms with van der Waals surface area (Å²) >= 11 is 1.43. The number of hydrogen-bond donors (Lipinski definition) is 2. The van der Waals surface area contributed by atoms with Gasteiger partial charge in [-0.05, 0) is 26.7 Å². The van der Waals surface area contributed by atoms with Crippen molar-refractivity contribution in [3.05, 3.63) is 22.6 Å². The van der Waals surface area contributed by atoms with Gasteiger partial charge in [0, 0.05) is 18.0 Å². The fraction of sp³-hybridized carbons (Fsp3) is 0.545. The van der Waals surface area contributed by atoms with E-state index < -0.39 is 11.4 Å². The number of thioether (sulfide) groups is 1. The highest BCUT2D eigenvalue weighted by molar-refractivity contribution is 7.99. The summed E-state index contributed by atoms with van der Waals surface area (Å²) in [5, 5.41) is 9.50. The lowest BCUT2D eigenvalue weighted by molar-refractivity contribution is -0.147. The van der Waals surface area contributed by atoms with Crippen molar-refractivity contribution in [2.24, 2.45) is 5.41 Å². The second-order valence-corrected chi connectivity index (χ2v) is 5.46. The lowest BCUT2D eigenvalue weighted by atomic mass is 9.88. The van der Waals surface area contributed by atoms with Crippen LogP contribution in [0.25, 0.3) is 0 Å². The molecule has 0 aromatic carbocycles. The van der Waals surface area contributed by atoms with Crippen molar-refractivity contribution in [3.8, 4) is 0 Å². The molecule has 0 unspecified atom stereocenters. The number of nitrogens with zero attached hydrogens (tertiary/aromatic N) is 1. The maximum atomic E-state index is 11.0. The minimum absolute atomic E-state index is 0.173. The van der Waals surface area contributed by atoms with Crippen molar-refractivity contribution in [1.82, 2.24) is 9.97 Å². The van der Waals surface area contributed by atoms with Crippen LogP contribution in [0.2, 0.25) is 0 Å². The second kappa shape index (κ2) is 5.86. The topological polar surface area (TPSA) is 83.0 Å². The van der Waals surface area contributed by atoms with Crippen LogP contribution in [0, 0.1) is 5.41 Å². The molecule has 6 heteroatoms. The van der Waals surface area contributed by atoms with Crippen LogP contribution in [0.3, 0.4) is 0 Å². The standard InChI is InChI=1S/C11H16N2O3S/c1-11(2,9(15)16)5-3-7-17-10-12-6-4-8(14)13-10/h4,6H,3,5,7H2,1-2H3,(H,15,16)(H,12,13,14). The second-order valence-electron chi connectivity index (χ2n) is 4.38. The van der Waals surface area contributed by atoms with Crippen LogP contribution in [-0.2, 0) is 4.79 Å². The number of rotatable bonds is 6. The molecule has 0 spiro atoms. The van der Waals surface area contributed by atoms with Gasteiger partial charge in [0.1, 0.15) is 0 Å². The largest absolute Gasteiger partial charge is 0.481 e. The average molecular weight is 256 g/mol. The maximum absolute atomic E-state index is 11.0. The van der Waals surface area contributed by atoms with Gasteiger partial charge in [-0.3, -0.25) is 9.59 Å². The Hall–Kier alpha value is -1.30. The van der Waals surface area contributed by atoms with Crippen molar-refractivity contribution in [2.75, 3.05) is 5.75 Å². The molecule has 1 heterocycles. The Kier molecular flexibility index (Phi) is 4.74. The third-order valence-electron chi connectivity index (χ3n) is 2.41.